The number of para-hydroxylation sites is 1. The van der Waals surface area contributed by atoms with E-state index in [1.54, 1.807) is 14.0 Å². The first-order chi connectivity index (χ1) is 7.24. The number of nitrogens with one attached hydrogen (secondary N) is 1. The lowest BCUT2D eigenvalue weighted by molar-refractivity contribution is 0.183. The van der Waals surface area contributed by atoms with E-state index in [1.165, 1.54) is 0 Å². The van der Waals surface area contributed by atoms with Gasteiger partial charge < -0.3 is 15.2 Å². The summed E-state index contributed by atoms with van der Waals surface area (Å²) in [7, 11) is 1.68. The maximum absolute atomic E-state index is 9.09. The maximum atomic E-state index is 9.09. The van der Waals surface area contributed by atoms with Crippen LogP contribution in [0.2, 0.25) is 0 Å². The highest BCUT2D eigenvalue weighted by atomic mass is 16.5. The van der Waals surface area contributed by atoms with Gasteiger partial charge in [0.2, 0.25) is 0 Å². The number of ether oxygens (including phenoxy) is 1. The number of rotatable bonds is 6. The van der Waals surface area contributed by atoms with E-state index in [-0.39, 0.29) is 6.10 Å². The molecular formula is C12H19NO2. The van der Waals surface area contributed by atoms with E-state index in [9.17, 15) is 0 Å². The van der Waals surface area contributed by atoms with Gasteiger partial charge in [-0.3, -0.25) is 0 Å². The van der Waals surface area contributed by atoms with Crippen LogP contribution in [-0.4, -0.2) is 24.9 Å². The minimum absolute atomic E-state index is 0.241. The first-order valence-corrected chi connectivity index (χ1v) is 5.24. The summed E-state index contributed by atoms with van der Waals surface area (Å²) in [5.74, 6) is 0.905. The first kappa shape index (κ1) is 12.0. The van der Waals surface area contributed by atoms with Gasteiger partial charge in [-0.15, -0.1) is 0 Å². The molecule has 0 saturated carbocycles. The van der Waals surface area contributed by atoms with Crippen molar-refractivity contribution in [3.63, 3.8) is 0 Å². The van der Waals surface area contributed by atoms with Gasteiger partial charge in [0.1, 0.15) is 5.75 Å². The quantitative estimate of drug-likeness (QED) is 0.699. The molecule has 0 radical (unpaired) electrons. The van der Waals surface area contributed by atoms with Crippen molar-refractivity contribution in [2.75, 3.05) is 13.7 Å². The van der Waals surface area contributed by atoms with Crippen LogP contribution in [0.3, 0.4) is 0 Å². The second-order valence-electron chi connectivity index (χ2n) is 3.63. The van der Waals surface area contributed by atoms with Gasteiger partial charge in [-0.2, -0.15) is 0 Å². The van der Waals surface area contributed by atoms with Crippen LogP contribution in [0, 0.1) is 0 Å². The van der Waals surface area contributed by atoms with Crippen LogP contribution in [0.25, 0.3) is 0 Å². The average molecular weight is 209 g/mol. The Balaban J connectivity index is 2.36. The van der Waals surface area contributed by atoms with Crippen LogP contribution >= 0.6 is 0 Å². The van der Waals surface area contributed by atoms with Crippen LogP contribution < -0.4 is 10.1 Å². The summed E-state index contributed by atoms with van der Waals surface area (Å²) < 4.78 is 5.23. The summed E-state index contributed by atoms with van der Waals surface area (Å²) in [6.45, 7) is 3.39. The highest BCUT2D eigenvalue weighted by Gasteiger charge is 2.00. The van der Waals surface area contributed by atoms with Crippen LogP contribution in [0.15, 0.2) is 24.3 Å². The molecule has 0 saturated heterocycles. The second kappa shape index (κ2) is 6.43. The molecule has 1 aromatic carbocycles. The molecule has 3 heteroatoms. The minimum atomic E-state index is -0.241. The van der Waals surface area contributed by atoms with Crippen molar-refractivity contribution in [1.29, 1.82) is 0 Å². The molecule has 0 heterocycles. The van der Waals surface area contributed by atoms with Crippen molar-refractivity contribution in [2.24, 2.45) is 0 Å². The van der Waals surface area contributed by atoms with Gasteiger partial charge >= 0.3 is 0 Å². The molecule has 0 aliphatic heterocycles. The summed E-state index contributed by atoms with van der Waals surface area (Å²) in [5.41, 5.74) is 1.14. The largest absolute Gasteiger partial charge is 0.496 e. The Kier molecular flexibility index (Phi) is 5.15. The third-order valence-corrected chi connectivity index (χ3v) is 2.25. The summed E-state index contributed by atoms with van der Waals surface area (Å²) in [6.07, 6.45) is 0.532. The lowest BCUT2D eigenvalue weighted by Crippen LogP contribution is -2.18. The molecule has 0 amide bonds. The molecule has 0 spiro atoms. The highest BCUT2D eigenvalue weighted by Crippen LogP contribution is 2.16. The molecule has 15 heavy (non-hydrogen) atoms. The van der Waals surface area contributed by atoms with Crippen molar-refractivity contribution in [1.82, 2.24) is 5.32 Å². The zero-order valence-corrected chi connectivity index (χ0v) is 9.36. The standard InChI is InChI=1S/C12H19NO2/c1-10(14)7-8-13-9-11-5-3-4-6-12(11)15-2/h3-6,10,13-14H,7-9H2,1-2H3. The third-order valence-electron chi connectivity index (χ3n) is 2.25. The van der Waals surface area contributed by atoms with Crippen molar-refractivity contribution >= 4 is 0 Å². The van der Waals surface area contributed by atoms with Crippen molar-refractivity contribution in [3.05, 3.63) is 29.8 Å². The first-order valence-electron chi connectivity index (χ1n) is 5.24. The molecule has 1 unspecified atom stereocenters. The molecular weight excluding hydrogens is 190 g/mol. The number of benzene rings is 1. The third kappa shape index (κ3) is 4.32. The topological polar surface area (TPSA) is 41.5 Å². The normalized spacial score (nSPS) is 12.5. The fourth-order valence-corrected chi connectivity index (χ4v) is 1.38. The van der Waals surface area contributed by atoms with Gasteiger partial charge in [-0.1, -0.05) is 18.2 Å². The SMILES string of the molecule is COc1ccccc1CNCCC(C)O. The molecule has 2 N–H and O–H groups in total. The van der Waals surface area contributed by atoms with Crippen LogP contribution in [0.5, 0.6) is 5.75 Å². The Morgan fingerprint density at radius 3 is 2.80 bits per heavy atom. The van der Waals surface area contributed by atoms with Gasteiger partial charge in [0.15, 0.2) is 0 Å². The van der Waals surface area contributed by atoms with E-state index in [0.717, 1.165) is 30.8 Å². The summed E-state index contributed by atoms with van der Waals surface area (Å²) in [6, 6.07) is 7.94. The molecule has 1 rings (SSSR count). The molecule has 3 nitrogen and oxygen atoms in total. The van der Waals surface area contributed by atoms with Crippen molar-refractivity contribution in [2.45, 2.75) is 26.0 Å². The monoisotopic (exact) mass is 209 g/mol. The zero-order chi connectivity index (χ0) is 11.1. The summed E-state index contributed by atoms with van der Waals surface area (Å²) in [4.78, 5) is 0. The Morgan fingerprint density at radius 1 is 1.40 bits per heavy atom. The van der Waals surface area contributed by atoms with E-state index in [2.05, 4.69) is 5.32 Å². The lowest BCUT2D eigenvalue weighted by atomic mass is 10.2. The summed E-state index contributed by atoms with van der Waals surface area (Å²) in [5, 5.41) is 12.4. The minimum Gasteiger partial charge on any atom is -0.496 e. The molecule has 0 bridgehead atoms. The van der Waals surface area contributed by atoms with E-state index >= 15 is 0 Å². The lowest BCUT2D eigenvalue weighted by Gasteiger charge is -2.09. The number of hydrogen-bond donors (Lipinski definition) is 2. The van der Waals surface area contributed by atoms with Gasteiger partial charge in [0.05, 0.1) is 13.2 Å². The Bertz CT molecular complexity index is 287. The molecule has 0 aliphatic carbocycles. The maximum Gasteiger partial charge on any atom is 0.123 e. The van der Waals surface area contributed by atoms with Crippen molar-refractivity contribution < 1.29 is 9.84 Å². The zero-order valence-electron chi connectivity index (χ0n) is 9.36. The van der Waals surface area contributed by atoms with Crippen molar-refractivity contribution in [3.8, 4) is 5.75 Å². The second-order valence-corrected chi connectivity index (χ2v) is 3.63. The van der Waals surface area contributed by atoms with Crippen LogP contribution in [-0.2, 0) is 6.54 Å². The average Bonchev–Trinajstić information content (AvgIpc) is 2.24. The molecule has 0 aromatic heterocycles. The van der Waals surface area contributed by atoms with Crippen LogP contribution in [0.4, 0.5) is 0 Å². The molecule has 1 atom stereocenters. The smallest absolute Gasteiger partial charge is 0.123 e. The van der Waals surface area contributed by atoms with E-state index in [1.807, 2.05) is 24.3 Å². The van der Waals surface area contributed by atoms with Gasteiger partial charge in [0.25, 0.3) is 0 Å². The Morgan fingerprint density at radius 2 is 2.13 bits per heavy atom. The molecule has 84 valence electrons. The van der Waals surface area contributed by atoms with Gasteiger partial charge in [-0.25, -0.2) is 0 Å². The van der Waals surface area contributed by atoms with E-state index < -0.39 is 0 Å². The fraction of sp³-hybridized carbons (Fsp3) is 0.500. The predicted octanol–water partition coefficient (Wildman–Crippen LogP) is 1.56. The highest BCUT2D eigenvalue weighted by molar-refractivity contribution is 5.32. The number of aliphatic hydroxyl groups is 1. The van der Waals surface area contributed by atoms with Crippen LogP contribution in [0.1, 0.15) is 18.9 Å². The molecule has 0 aliphatic rings. The summed E-state index contributed by atoms with van der Waals surface area (Å²) >= 11 is 0. The Hall–Kier alpha value is -1.06. The van der Waals surface area contributed by atoms with Gasteiger partial charge in [-0.05, 0) is 26.0 Å². The van der Waals surface area contributed by atoms with Gasteiger partial charge in [0, 0.05) is 12.1 Å². The number of methoxy groups -OCH3 is 1. The molecule has 0 fully saturated rings. The van der Waals surface area contributed by atoms with E-state index in [0.29, 0.717) is 0 Å². The number of hydrogen-bond acceptors (Lipinski definition) is 3. The fourth-order valence-electron chi connectivity index (χ4n) is 1.38. The predicted molar refractivity (Wildman–Crippen MR) is 61.0 cm³/mol. The number of aliphatic hydroxyl groups excluding tert-OH is 1. The van der Waals surface area contributed by atoms with E-state index in [4.69, 9.17) is 9.84 Å². The molecule has 1 aromatic rings. The Labute approximate surface area is 91.1 Å².